The molecule has 0 spiro atoms. The van der Waals surface area contributed by atoms with E-state index in [-0.39, 0.29) is 29.9 Å². The molecule has 3 aliphatic rings. The molecule has 11 nitrogen and oxygen atoms in total. The Labute approximate surface area is 224 Å². The molecular formula is C26H40N6O5S. The molecule has 3 saturated heterocycles. The second-order valence-electron chi connectivity index (χ2n) is 11.3. The highest BCUT2D eigenvalue weighted by Gasteiger charge is 2.44. The summed E-state index contributed by atoms with van der Waals surface area (Å²) in [7, 11) is -3.15. The van der Waals surface area contributed by atoms with Gasteiger partial charge in [0, 0.05) is 56.9 Å². The number of amides is 1. The Balaban J connectivity index is 1.18. The van der Waals surface area contributed by atoms with Crippen LogP contribution in [0.2, 0.25) is 0 Å². The van der Waals surface area contributed by atoms with Gasteiger partial charge in [-0.15, -0.1) is 0 Å². The van der Waals surface area contributed by atoms with Crippen LogP contribution in [0.3, 0.4) is 0 Å². The van der Waals surface area contributed by atoms with Crippen LogP contribution in [-0.4, -0.2) is 106 Å². The first-order valence-electron chi connectivity index (χ1n) is 13.7. The molecule has 1 amide bonds. The van der Waals surface area contributed by atoms with Crippen molar-refractivity contribution >= 4 is 27.1 Å². The number of aliphatic hydroxyl groups is 1. The quantitative estimate of drug-likeness (QED) is 0.534. The molecule has 0 saturated carbocycles. The topological polar surface area (TPSA) is 120 Å². The SMILES string of the molecule is CC(C)n1c(=O)n(C(=O)NC2CC3CCC(C2)N3[C@@H](O)CCN2CCN(S(C)(=O)=O)CC2)c2ccccc21. The fraction of sp³-hybridized carbons (Fsp3) is 0.692. The van der Waals surface area contributed by atoms with Crippen molar-refractivity contribution in [2.75, 3.05) is 39.0 Å². The van der Waals surface area contributed by atoms with Gasteiger partial charge < -0.3 is 15.3 Å². The maximum Gasteiger partial charge on any atom is 0.337 e. The van der Waals surface area contributed by atoms with E-state index in [1.54, 1.807) is 10.6 Å². The van der Waals surface area contributed by atoms with Gasteiger partial charge in [0.25, 0.3) is 0 Å². The lowest BCUT2D eigenvalue weighted by molar-refractivity contribution is -0.0599. The number of para-hydroxylation sites is 2. The third-order valence-electron chi connectivity index (χ3n) is 8.46. The Morgan fingerprint density at radius 2 is 1.66 bits per heavy atom. The number of aromatic nitrogens is 2. The first-order chi connectivity index (χ1) is 18.0. The zero-order valence-corrected chi connectivity index (χ0v) is 23.3. The van der Waals surface area contributed by atoms with Crippen LogP contribution in [0.25, 0.3) is 11.0 Å². The molecule has 0 aliphatic carbocycles. The highest BCUT2D eigenvalue weighted by atomic mass is 32.2. The number of imidazole rings is 1. The van der Waals surface area contributed by atoms with Crippen molar-refractivity contribution in [2.45, 2.75) is 76.3 Å². The molecule has 38 heavy (non-hydrogen) atoms. The molecule has 2 unspecified atom stereocenters. The van der Waals surface area contributed by atoms with Crippen molar-refractivity contribution in [3.63, 3.8) is 0 Å². The minimum atomic E-state index is -3.15. The van der Waals surface area contributed by atoms with E-state index in [1.807, 2.05) is 32.0 Å². The number of sulfonamides is 1. The van der Waals surface area contributed by atoms with Gasteiger partial charge in [0.15, 0.2) is 0 Å². The monoisotopic (exact) mass is 548 g/mol. The van der Waals surface area contributed by atoms with Gasteiger partial charge in [-0.2, -0.15) is 4.31 Å². The number of hydrogen-bond acceptors (Lipinski definition) is 7. The van der Waals surface area contributed by atoms with Crippen LogP contribution in [0, 0.1) is 0 Å². The fourth-order valence-corrected chi connectivity index (χ4v) is 7.48. The molecule has 1 aromatic carbocycles. The summed E-state index contributed by atoms with van der Waals surface area (Å²) in [4.78, 5) is 30.9. The first-order valence-corrected chi connectivity index (χ1v) is 15.5. The normalized spacial score (nSPS) is 26.3. The van der Waals surface area contributed by atoms with Crippen LogP contribution < -0.4 is 11.0 Å². The van der Waals surface area contributed by atoms with Crippen LogP contribution in [0.4, 0.5) is 4.79 Å². The summed E-state index contributed by atoms with van der Waals surface area (Å²) in [5, 5.41) is 14.2. The molecule has 3 atom stereocenters. The number of hydrogen-bond donors (Lipinski definition) is 2. The number of carbonyl (C=O) groups is 1. The summed E-state index contributed by atoms with van der Waals surface area (Å²) in [6, 6.07) is 7.24. The molecule has 2 aromatic rings. The zero-order chi connectivity index (χ0) is 27.2. The second-order valence-corrected chi connectivity index (χ2v) is 13.3. The number of fused-ring (bicyclic) bond motifs is 3. The highest BCUT2D eigenvalue weighted by molar-refractivity contribution is 7.88. The van der Waals surface area contributed by atoms with Crippen LogP contribution in [0.1, 0.15) is 52.0 Å². The van der Waals surface area contributed by atoms with Crippen LogP contribution in [-0.2, 0) is 10.0 Å². The van der Waals surface area contributed by atoms with E-state index >= 15 is 0 Å². The molecular weight excluding hydrogens is 508 g/mol. The van der Waals surface area contributed by atoms with E-state index in [0.717, 1.165) is 37.7 Å². The number of nitrogens with zero attached hydrogens (tertiary/aromatic N) is 5. The Morgan fingerprint density at radius 1 is 1.05 bits per heavy atom. The molecule has 5 rings (SSSR count). The Bertz CT molecular complexity index is 1320. The van der Waals surface area contributed by atoms with Gasteiger partial charge in [0.05, 0.1) is 17.3 Å². The first kappa shape index (κ1) is 27.3. The minimum Gasteiger partial charge on any atom is -0.378 e. The average Bonchev–Trinajstić information content (AvgIpc) is 3.32. The maximum atomic E-state index is 13.3. The zero-order valence-electron chi connectivity index (χ0n) is 22.5. The molecule has 1 aromatic heterocycles. The number of benzene rings is 1. The van der Waals surface area contributed by atoms with E-state index < -0.39 is 22.3 Å². The largest absolute Gasteiger partial charge is 0.378 e. The summed E-state index contributed by atoms with van der Waals surface area (Å²) in [6.07, 6.45) is 4.72. The Morgan fingerprint density at radius 3 is 2.24 bits per heavy atom. The average molecular weight is 549 g/mol. The number of carbonyl (C=O) groups excluding carboxylic acids is 1. The van der Waals surface area contributed by atoms with Crippen LogP contribution in [0.15, 0.2) is 29.1 Å². The lowest BCUT2D eigenvalue weighted by Gasteiger charge is -2.42. The summed E-state index contributed by atoms with van der Waals surface area (Å²) in [6.45, 7) is 6.92. The van der Waals surface area contributed by atoms with Crippen molar-refractivity contribution in [3.8, 4) is 0 Å². The summed E-state index contributed by atoms with van der Waals surface area (Å²) >= 11 is 0. The van der Waals surface area contributed by atoms with E-state index in [4.69, 9.17) is 0 Å². The number of piperidine rings is 1. The van der Waals surface area contributed by atoms with E-state index in [2.05, 4.69) is 15.1 Å². The van der Waals surface area contributed by atoms with Crippen molar-refractivity contribution < 1.29 is 18.3 Å². The highest BCUT2D eigenvalue weighted by Crippen LogP contribution is 2.37. The second kappa shape index (κ2) is 10.7. The smallest absolute Gasteiger partial charge is 0.337 e. The third kappa shape index (κ3) is 5.29. The van der Waals surface area contributed by atoms with Crippen LogP contribution in [0.5, 0.6) is 0 Å². The molecule has 12 heteroatoms. The molecule has 2 bridgehead atoms. The summed E-state index contributed by atoms with van der Waals surface area (Å²) in [5.41, 5.74) is 1.03. The molecule has 3 aliphatic heterocycles. The predicted octanol–water partition coefficient (Wildman–Crippen LogP) is 1.22. The van der Waals surface area contributed by atoms with E-state index in [9.17, 15) is 23.1 Å². The molecule has 210 valence electrons. The Kier molecular flexibility index (Phi) is 7.71. The lowest BCUT2D eigenvalue weighted by Crippen LogP contribution is -2.55. The lowest BCUT2D eigenvalue weighted by atomic mass is 9.96. The van der Waals surface area contributed by atoms with Crippen molar-refractivity contribution in [1.29, 1.82) is 0 Å². The van der Waals surface area contributed by atoms with Gasteiger partial charge in [-0.3, -0.25) is 9.47 Å². The number of aliphatic hydroxyl groups excluding tert-OH is 1. The molecule has 4 heterocycles. The van der Waals surface area contributed by atoms with E-state index in [1.165, 1.54) is 15.1 Å². The third-order valence-corrected chi connectivity index (χ3v) is 9.77. The van der Waals surface area contributed by atoms with Crippen molar-refractivity contribution in [1.82, 2.24) is 28.6 Å². The maximum absolute atomic E-state index is 13.3. The molecule has 2 N–H and O–H groups in total. The number of rotatable bonds is 7. The van der Waals surface area contributed by atoms with Gasteiger partial charge in [0.1, 0.15) is 6.23 Å². The van der Waals surface area contributed by atoms with Gasteiger partial charge in [0.2, 0.25) is 10.0 Å². The minimum absolute atomic E-state index is 0.0550. The van der Waals surface area contributed by atoms with Crippen molar-refractivity contribution in [3.05, 3.63) is 34.7 Å². The molecule has 0 radical (unpaired) electrons. The van der Waals surface area contributed by atoms with Crippen LogP contribution >= 0.6 is 0 Å². The van der Waals surface area contributed by atoms with Gasteiger partial charge in [-0.1, -0.05) is 12.1 Å². The number of nitrogens with one attached hydrogen (secondary N) is 1. The fourth-order valence-electron chi connectivity index (χ4n) is 6.65. The standard InChI is InChI=1S/C26H40N6O5S/c1-18(2)30-22-6-4-5-7-23(22)32(26(30)35)25(34)27-19-16-20-8-9-21(17-19)31(20)24(33)10-11-28-12-14-29(15-13-28)38(3,36)37/h4-7,18-21,24,33H,8-17H2,1-3H3,(H,27,34)/t19?,20?,21?,24-/m0/s1. The Hall–Kier alpha value is -2.25. The molecule has 3 fully saturated rings. The van der Waals surface area contributed by atoms with Gasteiger partial charge >= 0.3 is 11.7 Å². The van der Waals surface area contributed by atoms with E-state index in [0.29, 0.717) is 38.1 Å². The number of piperazine rings is 1. The van der Waals surface area contributed by atoms with Crippen molar-refractivity contribution in [2.24, 2.45) is 0 Å². The van der Waals surface area contributed by atoms with Gasteiger partial charge in [-0.25, -0.2) is 22.6 Å². The summed E-state index contributed by atoms with van der Waals surface area (Å²) in [5.74, 6) is 0. The summed E-state index contributed by atoms with van der Waals surface area (Å²) < 4.78 is 27.9. The van der Waals surface area contributed by atoms with Gasteiger partial charge in [-0.05, 0) is 58.1 Å². The predicted molar refractivity (Wildman–Crippen MR) is 146 cm³/mol.